The lowest BCUT2D eigenvalue weighted by Crippen LogP contribution is -2.39. The minimum absolute atomic E-state index is 0.0170. The Morgan fingerprint density at radius 2 is 1.78 bits per heavy atom. The zero-order valence-corrected chi connectivity index (χ0v) is 40.0. The third kappa shape index (κ3) is 17.6. The molecule has 7 N–H and O–H groups in total. The summed E-state index contributed by atoms with van der Waals surface area (Å²) in [6.07, 6.45) is 10.2. The number of anilines is 3. The van der Waals surface area contributed by atoms with Crippen LogP contribution in [-0.4, -0.2) is 114 Å². The molecule has 4 rings (SSSR count). The number of allylic oxidation sites excluding steroid dienone is 1. The fourth-order valence-electron chi connectivity index (χ4n) is 6.29. The van der Waals surface area contributed by atoms with E-state index in [0.717, 1.165) is 6.07 Å². The number of amides is 3. The van der Waals surface area contributed by atoms with Crippen molar-refractivity contribution in [1.82, 2.24) is 24.9 Å². The molecule has 2 aromatic heterocycles. The molecule has 0 fully saturated rings. The van der Waals surface area contributed by atoms with Gasteiger partial charge < -0.3 is 45.9 Å². The molecular weight excluding hydrogens is 897 g/mol. The molecule has 4 aromatic rings. The summed E-state index contributed by atoms with van der Waals surface area (Å²) in [5.41, 5.74) is 11.0. The van der Waals surface area contributed by atoms with Crippen LogP contribution in [0.2, 0.25) is 0 Å². The zero-order chi connectivity index (χ0) is 51.1. The number of aromatic nitrogens is 4. The van der Waals surface area contributed by atoms with Crippen molar-refractivity contribution >= 4 is 65.3 Å². The number of rotatable bonds is 26. The van der Waals surface area contributed by atoms with Gasteiger partial charge in [-0.05, 0) is 92.1 Å². The fraction of sp³-hybridized carbons (Fsp3) is 0.391. The second kappa shape index (κ2) is 27.5. The van der Waals surface area contributed by atoms with Crippen LogP contribution in [0.3, 0.4) is 0 Å². The number of nitrogens with one attached hydrogen (secondary N) is 3. The number of aliphatic imine (C=N–C) groups is 1. The number of esters is 1. The van der Waals surface area contributed by atoms with Crippen LogP contribution in [0.4, 0.5) is 33.2 Å². The Bertz CT molecular complexity index is 2470. The molecule has 0 aliphatic heterocycles. The second-order valence-corrected chi connectivity index (χ2v) is 15.5. The van der Waals surface area contributed by atoms with E-state index in [2.05, 4.69) is 43.6 Å². The molecule has 0 unspecified atom stereocenters. The van der Waals surface area contributed by atoms with Crippen LogP contribution >= 0.6 is 0 Å². The van der Waals surface area contributed by atoms with Gasteiger partial charge >= 0.3 is 12.1 Å². The average Bonchev–Trinajstić information content (AvgIpc) is 3.93. The van der Waals surface area contributed by atoms with Crippen LogP contribution in [0, 0.1) is 17.0 Å². The Balaban J connectivity index is 0.00000622. The van der Waals surface area contributed by atoms with Gasteiger partial charge in [-0.15, -0.1) is 0 Å². The van der Waals surface area contributed by atoms with Crippen molar-refractivity contribution in [2.24, 2.45) is 16.5 Å². The first-order valence-corrected chi connectivity index (χ1v) is 21.8. The van der Waals surface area contributed by atoms with Gasteiger partial charge in [-0.3, -0.25) is 49.0 Å². The molecule has 0 aliphatic carbocycles. The molecular formula is C46H62N12O11. The number of nitro groups is 1. The third-order valence-electron chi connectivity index (χ3n) is 9.18. The van der Waals surface area contributed by atoms with E-state index in [0.29, 0.717) is 42.0 Å². The lowest BCUT2D eigenvalue weighted by atomic mass is 10.1. The van der Waals surface area contributed by atoms with E-state index in [1.165, 1.54) is 31.4 Å². The predicted octanol–water partition coefficient (Wildman–Crippen LogP) is 5.70. The number of ether oxygens (including phenoxy) is 4. The number of benzene rings is 2. The van der Waals surface area contributed by atoms with E-state index in [-0.39, 0.29) is 92.5 Å². The first-order valence-electron chi connectivity index (χ1n) is 21.8. The van der Waals surface area contributed by atoms with Crippen molar-refractivity contribution in [2.45, 2.75) is 73.1 Å². The number of nitrogens with two attached hydrogens (primary N) is 2. The van der Waals surface area contributed by atoms with Crippen LogP contribution in [0.15, 0.2) is 72.0 Å². The molecule has 0 aliphatic rings. The van der Waals surface area contributed by atoms with Gasteiger partial charge in [0.1, 0.15) is 35.6 Å². The van der Waals surface area contributed by atoms with Crippen LogP contribution in [0.25, 0.3) is 0 Å². The van der Waals surface area contributed by atoms with Crippen LogP contribution in [0.5, 0.6) is 11.5 Å². The Labute approximate surface area is 400 Å². The Morgan fingerprint density at radius 1 is 1.03 bits per heavy atom. The molecule has 0 radical (unpaired) electrons. The highest BCUT2D eigenvalue weighted by Gasteiger charge is 2.24. The van der Waals surface area contributed by atoms with Crippen molar-refractivity contribution in [3.05, 3.63) is 99.7 Å². The van der Waals surface area contributed by atoms with Crippen molar-refractivity contribution in [2.75, 3.05) is 62.2 Å². The van der Waals surface area contributed by atoms with E-state index in [1.54, 1.807) is 85.4 Å². The number of hydrogen-bond acceptors (Lipinski definition) is 17. The van der Waals surface area contributed by atoms with E-state index in [9.17, 15) is 34.1 Å². The smallest absolute Gasteiger partial charge is 0.412 e. The largest absolute Gasteiger partial charge is 0.491 e. The summed E-state index contributed by atoms with van der Waals surface area (Å²) in [4.78, 5) is 79.3. The second-order valence-electron chi connectivity index (χ2n) is 15.5. The van der Waals surface area contributed by atoms with Gasteiger partial charge in [0.05, 0.1) is 54.6 Å². The fourth-order valence-corrected chi connectivity index (χ4v) is 6.29. The minimum Gasteiger partial charge on any atom is -0.491 e. The molecule has 0 atom stereocenters. The Morgan fingerprint density at radius 3 is 2.43 bits per heavy atom. The molecule has 2 heterocycles. The molecule has 23 heteroatoms. The molecule has 0 spiro atoms. The van der Waals surface area contributed by atoms with Gasteiger partial charge in [0.2, 0.25) is 5.91 Å². The summed E-state index contributed by atoms with van der Waals surface area (Å²) in [7, 11) is 1.50. The molecule has 0 bridgehead atoms. The van der Waals surface area contributed by atoms with Gasteiger partial charge in [0.25, 0.3) is 11.6 Å². The summed E-state index contributed by atoms with van der Waals surface area (Å²) in [5, 5.41) is 29.4. The first kappa shape index (κ1) is 55.2. The van der Waals surface area contributed by atoms with Crippen LogP contribution in [0.1, 0.15) is 84.4 Å². The number of hydrogen-bond donors (Lipinski definition) is 5. The molecule has 0 saturated heterocycles. The van der Waals surface area contributed by atoms with E-state index in [1.807, 2.05) is 6.92 Å². The predicted molar refractivity (Wildman–Crippen MR) is 261 cm³/mol. The maximum absolute atomic E-state index is 13.5. The molecule has 23 nitrogen and oxygen atoms in total. The summed E-state index contributed by atoms with van der Waals surface area (Å²) < 4.78 is 25.4. The average molecular weight is 959 g/mol. The summed E-state index contributed by atoms with van der Waals surface area (Å²) in [6, 6.07) is 7.05. The van der Waals surface area contributed by atoms with E-state index in [4.69, 9.17) is 24.7 Å². The van der Waals surface area contributed by atoms with Crippen LogP contribution < -0.4 is 41.8 Å². The van der Waals surface area contributed by atoms with Crippen molar-refractivity contribution in [3.63, 3.8) is 0 Å². The van der Waals surface area contributed by atoms with E-state index < -0.39 is 34.1 Å². The molecule has 3 amide bonds. The quantitative estimate of drug-likeness (QED) is 0.00737. The van der Waals surface area contributed by atoms with Gasteiger partial charge in [-0.2, -0.15) is 10.2 Å². The zero-order valence-electron chi connectivity index (χ0n) is 40.0. The maximum Gasteiger partial charge on any atom is 0.412 e. The molecule has 2 aromatic carbocycles. The normalized spacial score (nSPS) is 11.0. The van der Waals surface area contributed by atoms with E-state index >= 15 is 0 Å². The summed E-state index contributed by atoms with van der Waals surface area (Å²) in [6.45, 7) is 15.3. The molecule has 69 heavy (non-hydrogen) atoms. The monoisotopic (exact) mass is 958 g/mol. The highest BCUT2D eigenvalue weighted by Crippen LogP contribution is 2.40. The topological polar surface area (TPSA) is 305 Å². The highest BCUT2D eigenvalue weighted by molar-refractivity contribution is 5.96. The highest BCUT2D eigenvalue weighted by atomic mass is 16.6. The number of aryl methyl sites for hydroxylation is 2. The first-order chi connectivity index (χ1) is 33.0. The van der Waals surface area contributed by atoms with Crippen molar-refractivity contribution in [3.8, 4) is 11.5 Å². The number of carbonyl (C=O) groups is 5. The SMILES string of the molecule is C=Nc1cc(C=O)cc(OCCCC(=O)OCC)c1N(C/C=C/CNc1c(OC/C=C/Cn2cc(NC(=O)OC(C)(C)C)cn2)cc(C(N)=O)cc1[N+](=O)[O-])CNC(=O)c1cc(C)nn1CC.CN. The lowest BCUT2D eigenvalue weighted by molar-refractivity contribution is -0.384. The number of carbonyl (C=O) groups excluding carboxylic acids is 5. The third-order valence-corrected chi connectivity index (χ3v) is 9.18. The van der Waals surface area contributed by atoms with Gasteiger partial charge in [-0.1, -0.05) is 18.2 Å². The standard InChI is InChI=1S/C45H57N11O11.CH5N/c1-8-55-36(21-30(3)52-55)43(60)49-29-53(41-34(47-7)22-31(28-57)23-38(41)66-20-14-15-39(58)64-9-2)17-11-10-16-48-40-35(56(62)63)24-32(42(46)59)25-37(40)65-19-13-12-18-54-27-33(26-50-54)51-44(61)67-45(4,5)6;1-2/h10-13,21-28,48H,7-9,14-20,29H2,1-6H3,(H2,46,59)(H,49,60)(H,51,61);2H2,1H3/b11-10+,13-12+;. The Kier molecular flexibility index (Phi) is 22.0. The molecule has 0 saturated carbocycles. The summed E-state index contributed by atoms with van der Waals surface area (Å²) >= 11 is 0. The van der Waals surface area contributed by atoms with Gasteiger partial charge in [0.15, 0.2) is 11.4 Å². The molecule has 372 valence electrons. The number of aldehydes is 1. The van der Waals surface area contributed by atoms with Gasteiger partial charge in [0, 0.05) is 49.4 Å². The van der Waals surface area contributed by atoms with Gasteiger partial charge in [-0.25, -0.2) is 4.79 Å². The number of nitrogens with zero attached hydrogens (tertiary/aromatic N) is 7. The Hall–Kier alpha value is -8.08. The van der Waals surface area contributed by atoms with Crippen LogP contribution in [-0.2, 0) is 27.4 Å². The van der Waals surface area contributed by atoms with Crippen molar-refractivity contribution in [1.29, 1.82) is 0 Å². The number of primary amides is 1. The minimum atomic E-state index is -0.900. The maximum atomic E-state index is 13.5. The lowest BCUT2D eigenvalue weighted by Gasteiger charge is -2.28. The number of nitro benzene ring substituents is 1. The van der Waals surface area contributed by atoms with Crippen molar-refractivity contribution < 1.29 is 47.8 Å². The summed E-state index contributed by atoms with van der Waals surface area (Å²) in [5.74, 6) is -1.48.